The van der Waals surface area contributed by atoms with Gasteiger partial charge in [0.1, 0.15) is 5.76 Å². The van der Waals surface area contributed by atoms with Gasteiger partial charge in [-0.1, -0.05) is 23.8 Å². The molecule has 0 amide bonds. The number of benzene rings is 1. The third-order valence-electron chi connectivity index (χ3n) is 3.37. The number of nitrogens with one attached hydrogen (secondary N) is 1. The summed E-state index contributed by atoms with van der Waals surface area (Å²) in [6, 6.07) is 11.0. The minimum atomic E-state index is 0.218. The van der Waals surface area contributed by atoms with Gasteiger partial charge in [-0.25, -0.2) is 0 Å². The van der Waals surface area contributed by atoms with Crippen LogP contribution in [0.1, 0.15) is 48.4 Å². The van der Waals surface area contributed by atoms with Crippen LogP contribution in [-0.4, -0.2) is 0 Å². The molecule has 2 rings (SSSR count). The molecule has 0 saturated heterocycles. The van der Waals surface area contributed by atoms with E-state index in [1.807, 2.05) is 12.1 Å². The van der Waals surface area contributed by atoms with E-state index in [0.717, 1.165) is 5.76 Å². The Morgan fingerprint density at radius 2 is 1.83 bits per heavy atom. The first-order valence-corrected chi connectivity index (χ1v) is 6.44. The molecule has 0 spiro atoms. The van der Waals surface area contributed by atoms with Crippen molar-refractivity contribution in [3.8, 4) is 0 Å². The van der Waals surface area contributed by atoms with E-state index in [4.69, 9.17) is 4.42 Å². The summed E-state index contributed by atoms with van der Waals surface area (Å²) < 4.78 is 5.42. The highest BCUT2D eigenvalue weighted by molar-refractivity contribution is 5.32. The molecular formula is C16H21NO. The quantitative estimate of drug-likeness (QED) is 0.865. The van der Waals surface area contributed by atoms with Crippen molar-refractivity contribution in [3.63, 3.8) is 0 Å². The molecule has 2 aromatic rings. The molecule has 1 heterocycles. The van der Waals surface area contributed by atoms with E-state index in [1.165, 1.54) is 16.7 Å². The van der Waals surface area contributed by atoms with Gasteiger partial charge in [-0.15, -0.1) is 0 Å². The molecule has 1 aromatic heterocycles. The number of rotatable bonds is 4. The van der Waals surface area contributed by atoms with Crippen LogP contribution in [0.25, 0.3) is 0 Å². The van der Waals surface area contributed by atoms with Crippen LogP contribution in [0.15, 0.2) is 41.0 Å². The van der Waals surface area contributed by atoms with Crippen molar-refractivity contribution < 1.29 is 4.42 Å². The fourth-order valence-corrected chi connectivity index (χ4v) is 2.31. The van der Waals surface area contributed by atoms with Crippen LogP contribution in [-0.2, 0) is 0 Å². The van der Waals surface area contributed by atoms with Crippen molar-refractivity contribution in [3.05, 3.63) is 59.0 Å². The zero-order valence-corrected chi connectivity index (χ0v) is 11.5. The molecule has 0 radical (unpaired) electrons. The van der Waals surface area contributed by atoms with Crippen molar-refractivity contribution in [1.29, 1.82) is 0 Å². The van der Waals surface area contributed by atoms with Crippen molar-refractivity contribution >= 4 is 0 Å². The summed E-state index contributed by atoms with van der Waals surface area (Å²) in [5.74, 6) is 0.979. The van der Waals surface area contributed by atoms with E-state index in [0.29, 0.717) is 6.04 Å². The molecular weight excluding hydrogens is 222 g/mol. The largest absolute Gasteiger partial charge is 0.468 e. The summed E-state index contributed by atoms with van der Waals surface area (Å²) in [6.45, 7) is 8.61. The standard InChI is InChI=1S/C16H21NO/c1-11-7-8-12(2)15(10-11)13(3)17-14(4)16-6-5-9-18-16/h5-10,13-14,17H,1-4H3. The molecule has 2 atom stereocenters. The molecule has 2 unspecified atom stereocenters. The van der Waals surface area contributed by atoms with E-state index in [2.05, 4.69) is 51.2 Å². The maximum atomic E-state index is 5.42. The van der Waals surface area contributed by atoms with E-state index in [1.54, 1.807) is 6.26 Å². The predicted molar refractivity (Wildman–Crippen MR) is 74.6 cm³/mol. The number of furan rings is 1. The van der Waals surface area contributed by atoms with Gasteiger partial charge in [-0.3, -0.25) is 0 Å². The van der Waals surface area contributed by atoms with E-state index in [-0.39, 0.29) is 6.04 Å². The zero-order chi connectivity index (χ0) is 13.1. The molecule has 0 bridgehead atoms. The van der Waals surface area contributed by atoms with Gasteiger partial charge >= 0.3 is 0 Å². The Balaban J connectivity index is 2.12. The Kier molecular flexibility index (Phi) is 3.87. The highest BCUT2D eigenvalue weighted by Crippen LogP contribution is 2.22. The summed E-state index contributed by atoms with van der Waals surface area (Å²) in [7, 11) is 0. The van der Waals surface area contributed by atoms with Crippen LogP contribution in [0, 0.1) is 13.8 Å². The van der Waals surface area contributed by atoms with Crippen molar-refractivity contribution in [2.45, 2.75) is 39.8 Å². The van der Waals surface area contributed by atoms with E-state index < -0.39 is 0 Å². The summed E-state index contributed by atoms with van der Waals surface area (Å²) >= 11 is 0. The fraction of sp³-hybridized carbons (Fsp3) is 0.375. The lowest BCUT2D eigenvalue weighted by atomic mass is 9.99. The highest BCUT2D eigenvalue weighted by atomic mass is 16.3. The summed E-state index contributed by atoms with van der Waals surface area (Å²) in [4.78, 5) is 0. The first kappa shape index (κ1) is 12.9. The maximum Gasteiger partial charge on any atom is 0.120 e. The van der Waals surface area contributed by atoms with Gasteiger partial charge in [0.2, 0.25) is 0 Å². The van der Waals surface area contributed by atoms with Gasteiger partial charge in [0.05, 0.1) is 12.3 Å². The van der Waals surface area contributed by atoms with Crippen molar-refractivity contribution in [2.24, 2.45) is 0 Å². The minimum absolute atomic E-state index is 0.218. The molecule has 0 aliphatic rings. The van der Waals surface area contributed by atoms with Gasteiger partial charge < -0.3 is 9.73 Å². The zero-order valence-electron chi connectivity index (χ0n) is 11.5. The lowest BCUT2D eigenvalue weighted by Crippen LogP contribution is -2.22. The molecule has 0 fully saturated rings. The van der Waals surface area contributed by atoms with Gasteiger partial charge in [0.25, 0.3) is 0 Å². The number of hydrogen-bond donors (Lipinski definition) is 1. The minimum Gasteiger partial charge on any atom is -0.468 e. The van der Waals surface area contributed by atoms with Crippen LogP contribution in [0.4, 0.5) is 0 Å². The second-order valence-electron chi connectivity index (χ2n) is 4.99. The molecule has 0 saturated carbocycles. The molecule has 2 heteroatoms. The smallest absolute Gasteiger partial charge is 0.120 e. The first-order chi connectivity index (χ1) is 8.58. The second-order valence-corrected chi connectivity index (χ2v) is 4.99. The Morgan fingerprint density at radius 1 is 1.06 bits per heavy atom. The van der Waals surface area contributed by atoms with Crippen LogP contribution in [0.3, 0.4) is 0 Å². The molecule has 1 aromatic carbocycles. The first-order valence-electron chi connectivity index (χ1n) is 6.44. The highest BCUT2D eigenvalue weighted by Gasteiger charge is 2.14. The van der Waals surface area contributed by atoms with Gasteiger partial charge in [-0.05, 0) is 51.0 Å². The Morgan fingerprint density at radius 3 is 2.50 bits per heavy atom. The molecule has 0 aliphatic carbocycles. The summed E-state index contributed by atoms with van der Waals surface area (Å²) in [5.41, 5.74) is 3.98. The summed E-state index contributed by atoms with van der Waals surface area (Å²) in [6.07, 6.45) is 1.72. The van der Waals surface area contributed by atoms with Crippen molar-refractivity contribution in [2.75, 3.05) is 0 Å². The third kappa shape index (κ3) is 2.82. The van der Waals surface area contributed by atoms with Crippen LogP contribution < -0.4 is 5.32 Å². The normalized spacial score (nSPS) is 14.4. The Bertz CT molecular complexity index is 502. The molecule has 1 N–H and O–H groups in total. The van der Waals surface area contributed by atoms with Gasteiger partial charge in [0.15, 0.2) is 0 Å². The van der Waals surface area contributed by atoms with Crippen LogP contribution >= 0.6 is 0 Å². The predicted octanol–water partition coefficient (Wildman–Crippen LogP) is 4.31. The van der Waals surface area contributed by atoms with Crippen molar-refractivity contribution in [1.82, 2.24) is 5.32 Å². The van der Waals surface area contributed by atoms with Crippen LogP contribution in [0.2, 0.25) is 0 Å². The lowest BCUT2D eigenvalue weighted by Gasteiger charge is -2.21. The molecule has 18 heavy (non-hydrogen) atoms. The fourth-order valence-electron chi connectivity index (χ4n) is 2.31. The number of hydrogen-bond acceptors (Lipinski definition) is 2. The molecule has 96 valence electrons. The SMILES string of the molecule is Cc1ccc(C)c(C(C)NC(C)c2ccco2)c1. The van der Waals surface area contributed by atoms with Crippen LogP contribution in [0.5, 0.6) is 0 Å². The van der Waals surface area contributed by atoms with Gasteiger partial charge in [-0.2, -0.15) is 0 Å². The topological polar surface area (TPSA) is 25.2 Å². The average molecular weight is 243 g/mol. The number of aryl methyl sites for hydroxylation is 2. The molecule has 0 aliphatic heterocycles. The van der Waals surface area contributed by atoms with Gasteiger partial charge in [0, 0.05) is 6.04 Å². The Hall–Kier alpha value is -1.54. The van der Waals surface area contributed by atoms with E-state index >= 15 is 0 Å². The molecule has 2 nitrogen and oxygen atoms in total. The van der Waals surface area contributed by atoms with E-state index in [9.17, 15) is 0 Å². The Labute approximate surface area is 109 Å². The maximum absolute atomic E-state index is 5.42. The third-order valence-corrected chi connectivity index (χ3v) is 3.37. The average Bonchev–Trinajstić information content (AvgIpc) is 2.85. The monoisotopic (exact) mass is 243 g/mol. The lowest BCUT2D eigenvalue weighted by molar-refractivity contribution is 0.402. The summed E-state index contributed by atoms with van der Waals surface area (Å²) in [5, 5.41) is 3.57. The second kappa shape index (κ2) is 5.40.